The van der Waals surface area contributed by atoms with E-state index >= 15 is 0 Å². The molecule has 2 rings (SSSR count). The van der Waals surface area contributed by atoms with E-state index in [1.54, 1.807) is 6.20 Å². The number of halogens is 1. The third-order valence-corrected chi connectivity index (χ3v) is 3.92. The van der Waals surface area contributed by atoms with E-state index in [0.29, 0.717) is 0 Å². The quantitative estimate of drug-likeness (QED) is 0.926. The minimum Gasteiger partial charge on any atom is -0.353 e. The van der Waals surface area contributed by atoms with E-state index in [4.69, 9.17) is 17.3 Å². The van der Waals surface area contributed by atoms with Gasteiger partial charge in [-0.05, 0) is 31.5 Å². The molecule has 1 aromatic heterocycles. The van der Waals surface area contributed by atoms with Gasteiger partial charge in [-0.1, -0.05) is 35.9 Å². The van der Waals surface area contributed by atoms with E-state index in [9.17, 15) is 0 Å². The van der Waals surface area contributed by atoms with Crippen molar-refractivity contribution in [1.29, 1.82) is 0 Å². The number of rotatable bonds is 4. The first kappa shape index (κ1) is 14.8. The molecule has 1 unspecified atom stereocenters. The zero-order valence-electron chi connectivity index (χ0n) is 12.0. The number of anilines is 1. The molecule has 0 aliphatic heterocycles. The average Bonchev–Trinajstić information content (AvgIpc) is 2.46. The lowest BCUT2D eigenvalue weighted by Gasteiger charge is -2.29. The maximum Gasteiger partial charge on any atom is 0.133 e. The van der Waals surface area contributed by atoms with Crippen LogP contribution in [0.4, 0.5) is 5.82 Å². The van der Waals surface area contributed by atoms with Gasteiger partial charge in [-0.2, -0.15) is 0 Å². The largest absolute Gasteiger partial charge is 0.353 e. The molecule has 0 saturated heterocycles. The van der Waals surface area contributed by atoms with E-state index in [1.807, 2.05) is 50.4 Å². The smallest absolute Gasteiger partial charge is 0.133 e. The van der Waals surface area contributed by atoms with E-state index in [-0.39, 0.29) is 12.1 Å². The molecule has 0 radical (unpaired) electrons. The molecule has 2 atom stereocenters. The Hall–Kier alpha value is -1.58. The minimum absolute atomic E-state index is 0.0559. The van der Waals surface area contributed by atoms with Gasteiger partial charge in [-0.15, -0.1) is 0 Å². The predicted octanol–water partition coefficient (Wildman–Crippen LogP) is 3.95. The van der Waals surface area contributed by atoms with Crippen molar-refractivity contribution in [3.63, 3.8) is 0 Å². The molecule has 2 N–H and O–H groups in total. The fourth-order valence-corrected chi connectivity index (χ4v) is 2.56. The van der Waals surface area contributed by atoms with Crippen LogP contribution in [0.15, 0.2) is 42.6 Å². The molecule has 0 saturated carbocycles. The molecule has 4 heteroatoms. The molecule has 0 amide bonds. The third kappa shape index (κ3) is 2.94. The standard InChI is InChI=1S/C16H20ClN3/c1-11(18)13-8-6-10-19-16(13)20(3)12(2)14-7-4-5-9-15(14)17/h4-12H,18H2,1-3H3/t11-,12?/m0/s1. The SMILES string of the molecule is CC(c1ccccc1Cl)N(C)c1ncccc1[C@H](C)N. The van der Waals surface area contributed by atoms with Crippen molar-refractivity contribution < 1.29 is 0 Å². The highest BCUT2D eigenvalue weighted by Gasteiger charge is 2.19. The maximum atomic E-state index is 6.28. The number of nitrogens with zero attached hydrogens (tertiary/aromatic N) is 2. The van der Waals surface area contributed by atoms with Gasteiger partial charge in [0.2, 0.25) is 0 Å². The molecule has 3 nitrogen and oxygen atoms in total. The van der Waals surface area contributed by atoms with Crippen molar-refractivity contribution >= 4 is 17.4 Å². The molecular weight excluding hydrogens is 270 g/mol. The molecule has 0 aliphatic rings. The van der Waals surface area contributed by atoms with Gasteiger partial charge in [0.05, 0.1) is 6.04 Å². The number of nitrogens with two attached hydrogens (primary N) is 1. The highest BCUT2D eigenvalue weighted by Crippen LogP contribution is 2.31. The maximum absolute atomic E-state index is 6.28. The fourth-order valence-electron chi connectivity index (χ4n) is 2.27. The summed E-state index contributed by atoms with van der Waals surface area (Å²) in [5, 5.41) is 0.769. The van der Waals surface area contributed by atoms with Gasteiger partial charge in [0, 0.05) is 29.9 Å². The second-order valence-corrected chi connectivity index (χ2v) is 5.42. The van der Waals surface area contributed by atoms with Gasteiger partial charge in [0.1, 0.15) is 5.82 Å². The van der Waals surface area contributed by atoms with E-state index in [0.717, 1.165) is 22.0 Å². The molecule has 0 aliphatic carbocycles. The van der Waals surface area contributed by atoms with Gasteiger partial charge in [-0.25, -0.2) is 4.98 Å². The fraction of sp³-hybridized carbons (Fsp3) is 0.312. The van der Waals surface area contributed by atoms with Crippen LogP contribution in [0, 0.1) is 0 Å². The van der Waals surface area contributed by atoms with E-state index in [1.165, 1.54) is 0 Å². The zero-order valence-corrected chi connectivity index (χ0v) is 12.8. The molecule has 0 bridgehead atoms. The van der Waals surface area contributed by atoms with Gasteiger partial charge in [0.25, 0.3) is 0 Å². The molecule has 1 aromatic carbocycles. The molecule has 0 spiro atoms. The normalized spacial score (nSPS) is 13.8. The molecule has 106 valence electrons. The second kappa shape index (κ2) is 6.25. The van der Waals surface area contributed by atoms with Crippen LogP contribution in [0.5, 0.6) is 0 Å². The number of aromatic nitrogens is 1. The topological polar surface area (TPSA) is 42.2 Å². The Morgan fingerprint density at radius 2 is 1.75 bits per heavy atom. The van der Waals surface area contributed by atoms with Gasteiger partial charge >= 0.3 is 0 Å². The van der Waals surface area contributed by atoms with E-state index in [2.05, 4.69) is 16.8 Å². The Morgan fingerprint density at radius 1 is 1.10 bits per heavy atom. The van der Waals surface area contributed by atoms with Crippen LogP contribution < -0.4 is 10.6 Å². The Morgan fingerprint density at radius 3 is 2.40 bits per heavy atom. The predicted molar refractivity (Wildman–Crippen MR) is 85.1 cm³/mol. The van der Waals surface area contributed by atoms with Crippen LogP contribution in [-0.4, -0.2) is 12.0 Å². The lowest BCUT2D eigenvalue weighted by molar-refractivity contribution is 0.710. The van der Waals surface area contributed by atoms with Crippen molar-refractivity contribution in [1.82, 2.24) is 4.98 Å². The molecule has 0 fully saturated rings. The summed E-state index contributed by atoms with van der Waals surface area (Å²) in [5.74, 6) is 0.898. The number of hydrogen-bond acceptors (Lipinski definition) is 3. The Labute approximate surface area is 125 Å². The van der Waals surface area contributed by atoms with Crippen molar-refractivity contribution in [2.45, 2.75) is 25.9 Å². The van der Waals surface area contributed by atoms with Crippen molar-refractivity contribution in [2.24, 2.45) is 5.73 Å². The summed E-state index contributed by atoms with van der Waals surface area (Å²) in [6.07, 6.45) is 1.79. The van der Waals surface area contributed by atoms with Crippen molar-refractivity contribution in [3.05, 3.63) is 58.7 Å². The molecule has 2 aromatic rings. The molecular formula is C16H20ClN3. The number of benzene rings is 1. The molecule has 1 heterocycles. The molecule has 20 heavy (non-hydrogen) atoms. The highest BCUT2D eigenvalue weighted by molar-refractivity contribution is 6.31. The van der Waals surface area contributed by atoms with Crippen LogP contribution >= 0.6 is 11.6 Å². The van der Waals surface area contributed by atoms with Crippen molar-refractivity contribution in [2.75, 3.05) is 11.9 Å². The summed E-state index contributed by atoms with van der Waals surface area (Å²) in [7, 11) is 2.02. The summed E-state index contributed by atoms with van der Waals surface area (Å²) in [5.41, 5.74) is 8.15. The van der Waals surface area contributed by atoms with Gasteiger partial charge < -0.3 is 10.6 Å². The number of hydrogen-bond donors (Lipinski definition) is 1. The Bertz CT molecular complexity index is 583. The minimum atomic E-state index is -0.0559. The van der Waals surface area contributed by atoms with Gasteiger partial charge in [-0.3, -0.25) is 0 Å². The summed E-state index contributed by atoms with van der Waals surface area (Å²) in [6.45, 7) is 4.08. The number of pyridine rings is 1. The van der Waals surface area contributed by atoms with Crippen LogP contribution in [0.2, 0.25) is 5.02 Å². The second-order valence-electron chi connectivity index (χ2n) is 5.01. The monoisotopic (exact) mass is 289 g/mol. The van der Waals surface area contributed by atoms with Crippen LogP contribution in [-0.2, 0) is 0 Å². The Balaban J connectivity index is 2.37. The first-order valence-electron chi connectivity index (χ1n) is 6.70. The summed E-state index contributed by atoms with van der Waals surface area (Å²) in [6, 6.07) is 11.9. The lowest BCUT2D eigenvalue weighted by atomic mass is 10.1. The van der Waals surface area contributed by atoms with Crippen LogP contribution in [0.25, 0.3) is 0 Å². The average molecular weight is 290 g/mol. The van der Waals surface area contributed by atoms with Crippen molar-refractivity contribution in [3.8, 4) is 0 Å². The first-order chi connectivity index (χ1) is 9.52. The summed E-state index contributed by atoms with van der Waals surface area (Å²) in [4.78, 5) is 6.59. The Kier molecular flexibility index (Phi) is 4.63. The highest BCUT2D eigenvalue weighted by atomic mass is 35.5. The zero-order chi connectivity index (χ0) is 14.7. The third-order valence-electron chi connectivity index (χ3n) is 3.58. The summed E-state index contributed by atoms with van der Waals surface area (Å²) < 4.78 is 0. The van der Waals surface area contributed by atoms with Crippen LogP contribution in [0.3, 0.4) is 0 Å². The van der Waals surface area contributed by atoms with E-state index < -0.39 is 0 Å². The van der Waals surface area contributed by atoms with Crippen LogP contribution in [0.1, 0.15) is 37.1 Å². The first-order valence-corrected chi connectivity index (χ1v) is 7.08. The lowest BCUT2D eigenvalue weighted by Crippen LogP contribution is -2.25. The van der Waals surface area contributed by atoms with Gasteiger partial charge in [0.15, 0.2) is 0 Å². The summed E-state index contributed by atoms with van der Waals surface area (Å²) >= 11 is 6.28.